The predicted molar refractivity (Wildman–Crippen MR) is 103 cm³/mol. The number of rotatable bonds is 5. The van der Waals surface area contributed by atoms with Crippen LogP contribution in [0.3, 0.4) is 0 Å². The summed E-state index contributed by atoms with van der Waals surface area (Å²) >= 11 is 5.88. The van der Waals surface area contributed by atoms with E-state index in [4.69, 9.17) is 16.3 Å². The number of aryl methyl sites for hydroxylation is 1. The number of nitrogens with one attached hydrogen (secondary N) is 1. The van der Waals surface area contributed by atoms with Gasteiger partial charge in [-0.3, -0.25) is 0 Å². The van der Waals surface area contributed by atoms with Crippen molar-refractivity contribution >= 4 is 21.4 Å². The van der Waals surface area contributed by atoms with Crippen molar-refractivity contribution in [2.45, 2.75) is 56.0 Å². The van der Waals surface area contributed by atoms with E-state index in [1.165, 1.54) is 19.1 Å². The number of aromatic nitrogens is 2. The highest BCUT2D eigenvalue weighted by Crippen LogP contribution is 2.40. The number of imidazole rings is 1. The lowest BCUT2D eigenvalue weighted by Crippen LogP contribution is -2.31. The molecule has 11 heteroatoms. The van der Waals surface area contributed by atoms with Gasteiger partial charge in [-0.25, -0.2) is 17.8 Å². The molecule has 0 saturated heterocycles. The zero-order chi connectivity index (χ0) is 22.3. The first-order valence-electron chi connectivity index (χ1n) is 9.30. The molecule has 1 aliphatic carbocycles. The molecule has 2 aromatic rings. The van der Waals surface area contributed by atoms with Crippen LogP contribution in [0.1, 0.15) is 48.9 Å². The SMILES string of the molecule is Cc1[nH]c(C(O[C@H]2CC[C@H](C(F)(F)F)CC2)c2ccc(F)c(Cl)c2)nc1S(C)(=O)=O. The zero-order valence-electron chi connectivity index (χ0n) is 16.3. The molecule has 0 radical (unpaired) electrons. The summed E-state index contributed by atoms with van der Waals surface area (Å²) in [6.45, 7) is 1.54. The Labute approximate surface area is 176 Å². The Hall–Kier alpha value is -1.65. The molecule has 1 atom stereocenters. The number of benzene rings is 1. The molecule has 1 saturated carbocycles. The maximum absolute atomic E-state index is 13.6. The lowest BCUT2D eigenvalue weighted by Gasteiger charge is -2.32. The molecule has 0 aliphatic heterocycles. The second-order valence-electron chi connectivity index (χ2n) is 7.53. The normalized spacial score (nSPS) is 21.6. The maximum atomic E-state index is 13.6. The Morgan fingerprint density at radius 2 is 1.87 bits per heavy atom. The minimum Gasteiger partial charge on any atom is -0.362 e. The van der Waals surface area contributed by atoms with Crippen molar-refractivity contribution in [3.63, 3.8) is 0 Å². The van der Waals surface area contributed by atoms with Gasteiger partial charge in [0.1, 0.15) is 17.7 Å². The fourth-order valence-corrected chi connectivity index (χ4v) is 4.71. The van der Waals surface area contributed by atoms with Crippen LogP contribution in [0.2, 0.25) is 5.02 Å². The summed E-state index contributed by atoms with van der Waals surface area (Å²) in [6.07, 6.45) is -4.40. The Morgan fingerprint density at radius 1 is 1.23 bits per heavy atom. The lowest BCUT2D eigenvalue weighted by molar-refractivity contribution is -0.188. The van der Waals surface area contributed by atoms with E-state index >= 15 is 0 Å². The van der Waals surface area contributed by atoms with Gasteiger partial charge in [-0.1, -0.05) is 17.7 Å². The van der Waals surface area contributed by atoms with Crippen LogP contribution in [0.25, 0.3) is 0 Å². The van der Waals surface area contributed by atoms with Crippen molar-refractivity contribution < 1.29 is 30.7 Å². The largest absolute Gasteiger partial charge is 0.391 e. The van der Waals surface area contributed by atoms with Crippen LogP contribution >= 0.6 is 11.6 Å². The summed E-state index contributed by atoms with van der Waals surface area (Å²) in [5.74, 6) is -1.84. The van der Waals surface area contributed by atoms with Crippen LogP contribution in [0.15, 0.2) is 23.2 Å². The Bertz CT molecular complexity index is 1020. The monoisotopic (exact) mass is 468 g/mol. The molecule has 1 heterocycles. The third-order valence-corrected chi connectivity index (χ3v) is 6.56. The summed E-state index contributed by atoms with van der Waals surface area (Å²) in [7, 11) is -3.61. The van der Waals surface area contributed by atoms with Crippen molar-refractivity contribution in [1.82, 2.24) is 9.97 Å². The molecule has 0 spiro atoms. The molecule has 30 heavy (non-hydrogen) atoms. The third kappa shape index (κ3) is 5.15. The van der Waals surface area contributed by atoms with Crippen LogP contribution in [0, 0.1) is 18.7 Å². The fraction of sp³-hybridized carbons (Fsp3) is 0.526. The summed E-state index contributed by atoms with van der Waals surface area (Å²) in [6, 6.07) is 3.90. The average molecular weight is 469 g/mol. The minimum absolute atomic E-state index is 0.0587. The van der Waals surface area contributed by atoms with Crippen molar-refractivity contribution in [2.24, 2.45) is 5.92 Å². The second kappa shape index (κ2) is 8.47. The smallest absolute Gasteiger partial charge is 0.362 e. The molecular weight excluding hydrogens is 448 g/mol. The predicted octanol–water partition coefficient (Wildman–Crippen LogP) is 5.14. The summed E-state index contributed by atoms with van der Waals surface area (Å²) in [4.78, 5) is 7.02. The molecule has 1 aromatic heterocycles. The molecule has 1 unspecified atom stereocenters. The van der Waals surface area contributed by atoms with Gasteiger partial charge in [-0.15, -0.1) is 0 Å². The highest BCUT2D eigenvalue weighted by Gasteiger charge is 2.42. The summed E-state index contributed by atoms with van der Waals surface area (Å²) < 4.78 is 82.4. The van der Waals surface area contributed by atoms with E-state index in [9.17, 15) is 26.0 Å². The van der Waals surface area contributed by atoms with Crippen molar-refractivity contribution in [1.29, 1.82) is 0 Å². The molecule has 3 rings (SSSR count). The van der Waals surface area contributed by atoms with Gasteiger partial charge in [0, 0.05) is 6.26 Å². The van der Waals surface area contributed by atoms with Crippen LogP contribution in [-0.4, -0.2) is 36.9 Å². The van der Waals surface area contributed by atoms with Gasteiger partial charge in [-0.05, 0) is 50.3 Å². The quantitative estimate of drug-likeness (QED) is 0.617. The van der Waals surface area contributed by atoms with Crippen LogP contribution in [-0.2, 0) is 14.6 Å². The van der Waals surface area contributed by atoms with E-state index < -0.39 is 40.0 Å². The van der Waals surface area contributed by atoms with Gasteiger partial charge in [0.15, 0.2) is 14.9 Å². The number of nitrogens with zero attached hydrogens (tertiary/aromatic N) is 1. The van der Waals surface area contributed by atoms with Gasteiger partial charge in [0.05, 0.1) is 22.7 Å². The number of aromatic amines is 1. The van der Waals surface area contributed by atoms with Crippen molar-refractivity contribution in [3.05, 3.63) is 46.1 Å². The number of alkyl halides is 3. The van der Waals surface area contributed by atoms with Crippen LogP contribution < -0.4 is 0 Å². The van der Waals surface area contributed by atoms with E-state index in [-0.39, 0.29) is 41.6 Å². The van der Waals surface area contributed by atoms with Crippen LogP contribution in [0.5, 0.6) is 0 Å². The van der Waals surface area contributed by atoms with Crippen LogP contribution in [0.4, 0.5) is 17.6 Å². The molecule has 1 N–H and O–H groups in total. The first-order chi connectivity index (χ1) is 13.9. The lowest BCUT2D eigenvalue weighted by atomic mass is 9.87. The van der Waals surface area contributed by atoms with E-state index in [0.29, 0.717) is 11.3 Å². The van der Waals surface area contributed by atoms with E-state index in [1.807, 2.05) is 0 Å². The number of H-pyrrole nitrogens is 1. The fourth-order valence-electron chi connectivity index (χ4n) is 3.65. The molecule has 1 fully saturated rings. The summed E-state index contributed by atoms with van der Waals surface area (Å²) in [5.41, 5.74) is 0.711. The minimum atomic E-state index is -4.24. The highest BCUT2D eigenvalue weighted by molar-refractivity contribution is 7.90. The van der Waals surface area contributed by atoms with Crippen molar-refractivity contribution in [2.75, 3.05) is 6.26 Å². The number of hydrogen-bond acceptors (Lipinski definition) is 4. The highest BCUT2D eigenvalue weighted by atomic mass is 35.5. The number of ether oxygens (including phenoxy) is 1. The topological polar surface area (TPSA) is 72.0 Å². The molecule has 0 amide bonds. The Morgan fingerprint density at radius 3 is 2.37 bits per heavy atom. The van der Waals surface area contributed by atoms with Gasteiger partial charge >= 0.3 is 6.18 Å². The standard InChI is InChI=1S/C19H21ClF4N2O3S/c1-10-18(30(2,27)28)26-17(25-10)16(11-3-8-15(21)14(20)9-11)29-13-6-4-12(5-7-13)19(22,23)24/h3,8-9,12-13,16H,4-7H2,1-2H3,(H,25,26)/t12-,13-,16?. The molecule has 5 nitrogen and oxygen atoms in total. The number of sulfone groups is 1. The first kappa shape index (κ1) is 23.0. The van der Waals surface area contributed by atoms with Crippen molar-refractivity contribution in [3.8, 4) is 0 Å². The maximum Gasteiger partial charge on any atom is 0.391 e. The second-order valence-corrected chi connectivity index (χ2v) is 9.87. The van der Waals surface area contributed by atoms with Gasteiger partial charge in [0.2, 0.25) is 0 Å². The van der Waals surface area contributed by atoms with E-state index in [0.717, 1.165) is 12.3 Å². The Balaban J connectivity index is 1.91. The molecule has 0 bridgehead atoms. The molecular formula is C19H21ClF4N2O3S. The first-order valence-corrected chi connectivity index (χ1v) is 11.6. The van der Waals surface area contributed by atoms with E-state index in [1.54, 1.807) is 0 Å². The number of halogens is 5. The molecule has 1 aromatic carbocycles. The third-order valence-electron chi connectivity index (χ3n) is 5.17. The zero-order valence-corrected chi connectivity index (χ0v) is 17.8. The van der Waals surface area contributed by atoms with E-state index in [2.05, 4.69) is 9.97 Å². The summed E-state index contributed by atoms with van der Waals surface area (Å²) in [5, 5.41) is -0.311. The van der Waals surface area contributed by atoms with Gasteiger partial charge in [-0.2, -0.15) is 13.2 Å². The molecule has 1 aliphatic rings. The Kier molecular flexibility index (Phi) is 6.50. The van der Waals surface area contributed by atoms with Gasteiger partial charge in [0.25, 0.3) is 0 Å². The average Bonchev–Trinajstić information content (AvgIpc) is 3.03. The molecule has 166 valence electrons. The van der Waals surface area contributed by atoms with Gasteiger partial charge < -0.3 is 9.72 Å². The number of hydrogen-bond donors (Lipinski definition) is 1.